The summed E-state index contributed by atoms with van der Waals surface area (Å²) in [5.74, 6) is 0.875. The lowest BCUT2D eigenvalue weighted by Gasteiger charge is -2.30. The Morgan fingerprint density at radius 3 is 2.86 bits per heavy atom. The second-order valence-corrected chi connectivity index (χ2v) is 8.34. The maximum atomic E-state index is 12.6. The number of fused-ring (bicyclic) bond motifs is 1. The van der Waals surface area contributed by atoms with Gasteiger partial charge in [-0.3, -0.25) is 0 Å². The molecule has 3 atom stereocenters. The Balaban J connectivity index is 1.87. The van der Waals surface area contributed by atoms with Gasteiger partial charge in [-0.25, -0.2) is 13.1 Å². The Hall–Kier alpha value is -0.820. The van der Waals surface area contributed by atoms with Crippen molar-refractivity contribution in [1.82, 2.24) is 10.0 Å². The first-order valence-electron chi connectivity index (χ1n) is 7.59. The van der Waals surface area contributed by atoms with Crippen LogP contribution in [0.1, 0.15) is 25.8 Å². The molecule has 2 aliphatic rings. The van der Waals surface area contributed by atoms with Crippen molar-refractivity contribution in [2.75, 3.05) is 13.1 Å². The van der Waals surface area contributed by atoms with Gasteiger partial charge in [-0.05, 0) is 44.5 Å². The van der Waals surface area contributed by atoms with E-state index < -0.39 is 10.0 Å². The van der Waals surface area contributed by atoms with E-state index in [1.54, 1.807) is 6.07 Å². The Labute approximate surface area is 136 Å². The molecular formula is C15H21ClN2O3S. The number of hydrogen-bond acceptors (Lipinski definition) is 4. The fourth-order valence-corrected chi connectivity index (χ4v) is 4.87. The summed E-state index contributed by atoms with van der Waals surface area (Å²) in [5.41, 5.74) is 0.860. The van der Waals surface area contributed by atoms with Gasteiger partial charge in [0.05, 0.1) is 9.92 Å². The van der Waals surface area contributed by atoms with Gasteiger partial charge in [-0.15, -0.1) is 0 Å². The van der Waals surface area contributed by atoms with Gasteiger partial charge >= 0.3 is 0 Å². The Morgan fingerprint density at radius 1 is 1.36 bits per heavy atom. The van der Waals surface area contributed by atoms with Gasteiger partial charge < -0.3 is 10.1 Å². The number of halogens is 1. The van der Waals surface area contributed by atoms with Crippen LogP contribution in [0.4, 0.5) is 0 Å². The monoisotopic (exact) mass is 344 g/mol. The first-order chi connectivity index (χ1) is 10.4. The van der Waals surface area contributed by atoms with E-state index in [2.05, 4.69) is 10.0 Å². The van der Waals surface area contributed by atoms with E-state index in [9.17, 15) is 8.42 Å². The largest absolute Gasteiger partial charge is 0.489 e. The summed E-state index contributed by atoms with van der Waals surface area (Å²) in [6.07, 6.45) is 1.50. The number of piperidine rings is 1. The zero-order chi connectivity index (χ0) is 15.9. The van der Waals surface area contributed by atoms with E-state index in [1.807, 2.05) is 13.8 Å². The molecular weight excluding hydrogens is 324 g/mol. The van der Waals surface area contributed by atoms with Gasteiger partial charge in [0.15, 0.2) is 0 Å². The first kappa shape index (κ1) is 16.1. The molecule has 0 aliphatic carbocycles. The smallest absolute Gasteiger partial charge is 0.240 e. The van der Waals surface area contributed by atoms with Crippen molar-refractivity contribution in [1.29, 1.82) is 0 Å². The maximum absolute atomic E-state index is 12.6. The Bertz CT molecular complexity index is 678. The van der Waals surface area contributed by atoms with Crippen LogP contribution < -0.4 is 14.8 Å². The Kier molecular flexibility index (Phi) is 4.38. The van der Waals surface area contributed by atoms with Gasteiger partial charge in [-0.2, -0.15) is 0 Å². The predicted molar refractivity (Wildman–Crippen MR) is 86.0 cm³/mol. The number of hydrogen-bond donors (Lipinski definition) is 2. The molecule has 0 radical (unpaired) electrons. The van der Waals surface area contributed by atoms with Crippen LogP contribution in [-0.4, -0.2) is 33.7 Å². The third-order valence-electron chi connectivity index (χ3n) is 4.32. The molecule has 1 saturated heterocycles. The van der Waals surface area contributed by atoms with Crippen LogP contribution in [0, 0.1) is 5.92 Å². The summed E-state index contributed by atoms with van der Waals surface area (Å²) in [5, 5.41) is 3.63. The number of ether oxygens (including phenoxy) is 1. The molecule has 1 fully saturated rings. The highest BCUT2D eigenvalue weighted by Crippen LogP contribution is 2.38. The van der Waals surface area contributed by atoms with Gasteiger partial charge in [0.2, 0.25) is 10.0 Å². The normalized spacial score (nSPS) is 28.2. The second kappa shape index (κ2) is 6.00. The highest BCUT2D eigenvalue weighted by atomic mass is 35.5. The summed E-state index contributed by atoms with van der Waals surface area (Å²) in [6, 6.07) is 3.11. The van der Waals surface area contributed by atoms with Crippen LogP contribution >= 0.6 is 11.6 Å². The minimum Gasteiger partial charge on any atom is -0.489 e. The lowest BCUT2D eigenvalue weighted by atomic mass is 9.97. The summed E-state index contributed by atoms with van der Waals surface area (Å²) < 4.78 is 33.7. The molecule has 22 heavy (non-hydrogen) atoms. The molecule has 5 nitrogen and oxygen atoms in total. The first-order valence-corrected chi connectivity index (χ1v) is 9.45. The van der Waals surface area contributed by atoms with Crippen molar-refractivity contribution in [3.8, 4) is 5.75 Å². The second-order valence-electron chi connectivity index (χ2n) is 6.22. The zero-order valence-electron chi connectivity index (χ0n) is 12.7. The lowest BCUT2D eigenvalue weighted by Crippen LogP contribution is -2.48. The molecule has 1 aromatic rings. The fourth-order valence-electron chi connectivity index (χ4n) is 3.07. The van der Waals surface area contributed by atoms with Crippen LogP contribution in [0.5, 0.6) is 5.75 Å². The molecule has 7 heteroatoms. The van der Waals surface area contributed by atoms with Crippen molar-refractivity contribution in [2.45, 2.75) is 43.7 Å². The number of benzene rings is 1. The van der Waals surface area contributed by atoms with Crippen molar-refractivity contribution in [3.63, 3.8) is 0 Å². The third kappa shape index (κ3) is 3.11. The molecule has 0 bridgehead atoms. The van der Waals surface area contributed by atoms with Crippen LogP contribution in [-0.2, 0) is 16.4 Å². The van der Waals surface area contributed by atoms with Crippen LogP contribution in [0.2, 0.25) is 5.02 Å². The minimum atomic E-state index is -3.57. The van der Waals surface area contributed by atoms with E-state index in [-0.39, 0.29) is 23.0 Å². The fraction of sp³-hybridized carbons (Fsp3) is 0.600. The van der Waals surface area contributed by atoms with Crippen molar-refractivity contribution >= 4 is 21.6 Å². The highest BCUT2D eigenvalue weighted by molar-refractivity contribution is 7.89. The summed E-state index contributed by atoms with van der Waals surface area (Å²) in [7, 11) is -3.57. The van der Waals surface area contributed by atoms with Gasteiger partial charge in [0, 0.05) is 18.0 Å². The molecule has 2 N–H and O–H groups in total. The van der Waals surface area contributed by atoms with Crippen molar-refractivity contribution < 1.29 is 13.2 Å². The van der Waals surface area contributed by atoms with E-state index in [0.29, 0.717) is 17.2 Å². The molecule has 3 rings (SSSR count). The summed E-state index contributed by atoms with van der Waals surface area (Å²) >= 11 is 6.19. The SMILES string of the molecule is CC1Cc2cc(S(=O)(=O)NC3CCNCC3C)cc(Cl)c2O1. The molecule has 0 aromatic heterocycles. The van der Waals surface area contributed by atoms with Crippen molar-refractivity contribution in [2.24, 2.45) is 5.92 Å². The van der Waals surface area contributed by atoms with Crippen LogP contribution in [0.15, 0.2) is 17.0 Å². The third-order valence-corrected chi connectivity index (χ3v) is 6.07. The average Bonchev–Trinajstić information content (AvgIpc) is 2.82. The van der Waals surface area contributed by atoms with Crippen LogP contribution in [0.25, 0.3) is 0 Å². The number of nitrogens with one attached hydrogen (secondary N) is 2. The van der Waals surface area contributed by atoms with Gasteiger partial charge in [0.25, 0.3) is 0 Å². The predicted octanol–water partition coefficient (Wildman–Crippen LogP) is 1.94. The molecule has 3 unspecified atom stereocenters. The zero-order valence-corrected chi connectivity index (χ0v) is 14.3. The molecule has 1 aromatic carbocycles. The van der Waals surface area contributed by atoms with Crippen LogP contribution in [0.3, 0.4) is 0 Å². The molecule has 122 valence electrons. The highest BCUT2D eigenvalue weighted by Gasteiger charge is 2.29. The lowest BCUT2D eigenvalue weighted by molar-refractivity contribution is 0.255. The molecule has 0 spiro atoms. The Morgan fingerprint density at radius 2 is 2.14 bits per heavy atom. The quantitative estimate of drug-likeness (QED) is 0.879. The van der Waals surface area contributed by atoms with E-state index in [0.717, 1.165) is 25.1 Å². The minimum absolute atomic E-state index is 0.0304. The summed E-state index contributed by atoms with van der Waals surface area (Å²) in [4.78, 5) is 0.222. The number of rotatable bonds is 3. The van der Waals surface area contributed by atoms with E-state index in [1.165, 1.54) is 6.07 Å². The topological polar surface area (TPSA) is 67.4 Å². The number of sulfonamides is 1. The van der Waals surface area contributed by atoms with Gasteiger partial charge in [-0.1, -0.05) is 18.5 Å². The molecule has 2 aliphatic heterocycles. The molecule has 0 saturated carbocycles. The van der Waals surface area contributed by atoms with E-state index in [4.69, 9.17) is 16.3 Å². The van der Waals surface area contributed by atoms with Crippen molar-refractivity contribution in [3.05, 3.63) is 22.7 Å². The van der Waals surface area contributed by atoms with Gasteiger partial charge in [0.1, 0.15) is 11.9 Å². The molecule has 2 heterocycles. The van der Waals surface area contributed by atoms with E-state index >= 15 is 0 Å². The standard InChI is InChI=1S/C15H21ClN2O3S/c1-9-8-17-4-3-14(9)18-22(19,20)12-6-11-5-10(2)21-15(11)13(16)7-12/h6-7,9-10,14,17-18H,3-5,8H2,1-2H3. The maximum Gasteiger partial charge on any atom is 0.240 e. The average molecular weight is 345 g/mol. The summed E-state index contributed by atoms with van der Waals surface area (Å²) in [6.45, 7) is 5.64. The molecule has 0 amide bonds.